The average Bonchev–Trinajstić information content (AvgIpc) is 3.32. The second-order valence-electron chi connectivity index (χ2n) is 7.91. The molecule has 146 valence electrons. The molecule has 2 N–H and O–H groups in total. The van der Waals surface area contributed by atoms with Crippen molar-refractivity contribution in [3.8, 4) is 0 Å². The summed E-state index contributed by atoms with van der Waals surface area (Å²) in [6, 6.07) is 0. The van der Waals surface area contributed by atoms with E-state index in [1.165, 1.54) is 56.6 Å². The maximum atomic E-state index is 11.9. The van der Waals surface area contributed by atoms with Gasteiger partial charge in [0.15, 0.2) is 0 Å². The number of rotatable bonds is 8. The van der Waals surface area contributed by atoms with Crippen LogP contribution in [0.25, 0.3) is 0 Å². The standard InChI is InChI=1S/C11H19NO.C9H20N2O/c13-11(12-8-4-5-9-12)10-6-2-1-3-7-10;1-2-11(12)7-3-6-10-8-9-4-5-9/h10H,1-9H2;9-10,12H,2-8H2,1H3. The Hall–Kier alpha value is -0.650. The first-order valence-corrected chi connectivity index (χ1v) is 10.6. The monoisotopic (exact) mass is 353 g/mol. The number of carbonyl (C=O) groups is 1. The summed E-state index contributed by atoms with van der Waals surface area (Å²) >= 11 is 0. The summed E-state index contributed by atoms with van der Waals surface area (Å²) < 4.78 is 0. The molecule has 0 aromatic carbocycles. The van der Waals surface area contributed by atoms with E-state index in [1.807, 2.05) is 6.92 Å². The molecule has 5 heteroatoms. The zero-order chi connectivity index (χ0) is 17.9. The van der Waals surface area contributed by atoms with Crippen LogP contribution in [0, 0.1) is 11.8 Å². The fourth-order valence-electron chi connectivity index (χ4n) is 3.72. The van der Waals surface area contributed by atoms with Gasteiger partial charge in [-0.1, -0.05) is 26.2 Å². The van der Waals surface area contributed by atoms with E-state index in [0.717, 1.165) is 57.9 Å². The molecular formula is C20H39N3O2. The SMILES string of the molecule is CCN(O)CCCNCC1CC1.O=C(C1CCCCC1)N1CCCC1. The zero-order valence-corrected chi connectivity index (χ0v) is 16.2. The molecule has 0 bridgehead atoms. The van der Waals surface area contributed by atoms with Crippen molar-refractivity contribution in [2.75, 3.05) is 39.3 Å². The highest BCUT2D eigenvalue weighted by atomic mass is 16.5. The fraction of sp³-hybridized carbons (Fsp3) is 0.950. The largest absolute Gasteiger partial charge is 0.342 e. The van der Waals surface area contributed by atoms with Crippen molar-refractivity contribution in [3.63, 3.8) is 0 Å². The van der Waals surface area contributed by atoms with Gasteiger partial charge in [-0.2, -0.15) is 5.06 Å². The van der Waals surface area contributed by atoms with Crippen LogP contribution in [0.15, 0.2) is 0 Å². The lowest BCUT2D eigenvalue weighted by Gasteiger charge is -2.25. The summed E-state index contributed by atoms with van der Waals surface area (Å²) in [6.45, 7) is 7.73. The van der Waals surface area contributed by atoms with Gasteiger partial charge in [-0.25, -0.2) is 0 Å². The molecule has 0 spiro atoms. The zero-order valence-electron chi connectivity index (χ0n) is 16.2. The number of hydroxylamine groups is 2. The van der Waals surface area contributed by atoms with Crippen LogP contribution in [0.3, 0.4) is 0 Å². The van der Waals surface area contributed by atoms with Crippen LogP contribution in [0.2, 0.25) is 0 Å². The Morgan fingerprint density at radius 3 is 2.36 bits per heavy atom. The maximum absolute atomic E-state index is 11.9. The van der Waals surface area contributed by atoms with Gasteiger partial charge in [0.05, 0.1) is 0 Å². The Balaban J connectivity index is 0.000000181. The fourth-order valence-corrected chi connectivity index (χ4v) is 3.72. The van der Waals surface area contributed by atoms with Crippen LogP contribution >= 0.6 is 0 Å². The number of carbonyl (C=O) groups excluding carboxylic acids is 1. The lowest BCUT2D eigenvalue weighted by Crippen LogP contribution is -2.34. The van der Waals surface area contributed by atoms with E-state index in [-0.39, 0.29) is 0 Å². The van der Waals surface area contributed by atoms with Crippen LogP contribution in [0.5, 0.6) is 0 Å². The Bertz CT molecular complexity index is 362. The highest BCUT2D eigenvalue weighted by Crippen LogP contribution is 2.27. The summed E-state index contributed by atoms with van der Waals surface area (Å²) in [6.07, 6.45) is 12.5. The van der Waals surface area contributed by atoms with Crippen LogP contribution in [-0.2, 0) is 4.79 Å². The summed E-state index contributed by atoms with van der Waals surface area (Å²) in [4.78, 5) is 14.0. The van der Waals surface area contributed by atoms with Gasteiger partial charge in [-0.3, -0.25) is 4.79 Å². The minimum absolute atomic E-state index is 0.381. The molecule has 3 fully saturated rings. The van der Waals surface area contributed by atoms with Crippen molar-refractivity contribution in [1.82, 2.24) is 15.3 Å². The Morgan fingerprint density at radius 2 is 1.76 bits per heavy atom. The minimum Gasteiger partial charge on any atom is -0.342 e. The second kappa shape index (κ2) is 11.9. The highest BCUT2D eigenvalue weighted by molar-refractivity contribution is 5.79. The molecule has 1 aliphatic heterocycles. The van der Waals surface area contributed by atoms with Crippen LogP contribution in [0.1, 0.15) is 71.1 Å². The topological polar surface area (TPSA) is 55.8 Å². The third kappa shape index (κ3) is 8.52. The summed E-state index contributed by atoms with van der Waals surface area (Å²) in [7, 11) is 0. The Kier molecular flexibility index (Phi) is 9.81. The molecule has 3 rings (SSSR count). The minimum atomic E-state index is 0.381. The summed E-state index contributed by atoms with van der Waals surface area (Å²) in [5.41, 5.74) is 0. The van der Waals surface area contributed by atoms with Crippen molar-refractivity contribution in [1.29, 1.82) is 0 Å². The lowest BCUT2D eigenvalue weighted by molar-refractivity contribution is -0.135. The van der Waals surface area contributed by atoms with E-state index in [9.17, 15) is 4.79 Å². The number of nitrogens with zero attached hydrogens (tertiary/aromatic N) is 2. The summed E-state index contributed by atoms with van der Waals surface area (Å²) in [5.74, 6) is 1.80. The van der Waals surface area contributed by atoms with Crippen LogP contribution < -0.4 is 5.32 Å². The normalized spacial score (nSPS) is 21.3. The predicted molar refractivity (Wildman–Crippen MR) is 102 cm³/mol. The first kappa shape index (κ1) is 20.7. The number of likely N-dealkylation sites (tertiary alicyclic amines) is 1. The quantitative estimate of drug-likeness (QED) is 0.519. The van der Waals surface area contributed by atoms with Crippen molar-refractivity contribution in [3.05, 3.63) is 0 Å². The number of hydrogen-bond donors (Lipinski definition) is 2. The molecule has 1 heterocycles. The molecule has 3 aliphatic rings. The van der Waals surface area contributed by atoms with E-state index in [4.69, 9.17) is 5.21 Å². The maximum Gasteiger partial charge on any atom is 0.225 e. The second-order valence-corrected chi connectivity index (χ2v) is 7.91. The van der Waals surface area contributed by atoms with Gasteiger partial charge in [0.2, 0.25) is 5.91 Å². The molecule has 5 nitrogen and oxygen atoms in total. The number of amides is 1. The highest BCUT2D eigenvalue weighted by Gasteiger charge is 2.27. The molecule has 0 aromatic heterocycles. The van der Waals surface area contributed by atoms with E-state index in [1.54, 1.807) is 0 Å². The van der Waals surface area contributed by atoms with Crippen molar-refractivity contribution in [2.45, 2.75) is 71.1 Å². The van der Waals surface area contributed by atoms with Crippen LogP contribution in [0.4, 0.5) is 0 Å². The molecule has 2 aliphatic carbocycles. The first-order valence-electron chi connectivity index (χ1n) is 10.6. The smallest absolute Gasteiger partial charge is 0.225 e. The molecule has 0 radical (unpaired) electrons. The molecule has 1 saturated heterocycles. The van der Waals surface area contributed by atoms with Crippen molar-refractivity contribution >= 4 is 5.91 Å². The first-order chi connectivity index (χ1) is 12.2. The third-order valence-corrected chi connectivity index (χ3v) is 5.64. The van der Waals surface area contributed by atoms with Gasteiger partial charge in [-0.05, 0) is 64.0 Å². The van der Waals surface area contributed by atoms with E-state index < -0.39 is 0 Å². The molecule has 0 unspecified atom stereocenters. The van der Waals surface area contributed by atoms with Gasteiger partial charge in [0.25, 0.3) is 0 Å². The number of hydrogen-bond acceptors (Lipinski definition) is 4. The van der Waals surface area contributed by atoms with Gasteiger partial charge in [0, 0.05) is 32.1 Å². The molecule has 1 amide bonds. The van der Waals surface area contributed by atoms with Gasteiger partial charge in [-0.15, -0.1) is 0 Å². The van der Waals surface area contributed by atoms with E-state index in [0.29, 0.717) is 11.8 Å². The molecular weight excluding hydrogens is 314 g/mol. The third-order valence-electron chi connectivity index (χ3n) is 5.64. The molecule has 25 heavy (non-hydrogen) atoms. The molecule has 2 saturated carbocycles. The van der Waals surface area contributed by atoms with Crippen LogP contribution in [-0.4, -0.2) is 60.3 Å². The molecule has 0 aromatic rings. The number of nitrogens with one attached hydrogen (secondary N) is 1. The van der Waals surface area contributed by atoms with Gasteiger partial charge >= 0.3 is 0 Å². The predicted octanol–water partition coefficient (Wildman–Crippen LogP) is 3.28. The van der Waals surface area contributed by atoms with Gasteiger partial charge < -0.3 is 15.4 Å². The molecule has 0 atom stereocenters. The average molecular weight is 354 g/mol. The van der Waals surface area contributed by atoms with E-state index in [2.05, 4.69) is 10.2 Å². The summed E-state index contributed by atoms with van der Waals surface area (Å²) in [5, 5.41) is 13.8. The van der Waals surface area contributed by atoms with E-state index >= 15 is 0 Å². The Morgan fingerprint density at radius 1 is 1.08 bits per heavy atom. The van der Waals surface area contributed by atoms with Crippen molar-refractivity contribution < 1.29 is 10.0 Å². The van der Waals surface area contributed by atoms with Gasteiger partial charge in [0.1, 0.15) is 0 Å². The Labute approximate surface area is 154 Å². The lowest BCUT2D eigenvalue weighted by atomic mass is 9.88. The van der Waals surface area contributed by atoms with Crippen molar-refractivity contribution in [2.24, 2.45) is 11.8 Å².